The molecule has 0 saturated heterocycles. The van der Waals surface area contributed by atoms with Crippen molar-refractivity contribution in [2.24, 2.45) is 11.7 Å². The second-order valence-electron chi connectivity index (χ2n) is 4.95. The van der Waals surface area contributed by atoms with Crippen LogP contribution < -0.4 is 16.4 Å². The van der Waals surface area contributed by atoms with Gasteiger partial charge in [0.05, 0.1) is 6.54 Å². The van der Waals surface area contributed by atoms with Crippen molar-refractivity contribution in [3.63, 3.8) is 0 Å². The normalized spacial score (nSPS) is 13.3. The highest BCUT2D eigenvalue weighted by Crippen LogP contribution is 1.99. The van der Waals surface area contributed by atoms with Gasteiger partial charge in [-0.2, -0.15) is 0 Å². The number of carbonyl (C=O) groups excluding carboxylic acids is 2. The number of nitrogens with one attached hydrogen (secondary N) is 2. The van der Waals surface area contributed by atoms with Crippen molar-refractivity contribution >= 4 is 11.8 Å². The number of rotatable bonds is 7. The molecule has 0 aliphatic rings. The van der Waals surface area contributed by atoms with E-state index in [-0.39, 0.29) is 30.3 Å². The molecule has 0 aromatic heterocycles. The SMILES string of the molecule is CC(N)C(C)C(=O)NCC(=O)NCCc1ccccc1. The van der Waals surface area contributed by atoms with Gasteiger partial charge in [0.15, 0.2) is 0 Å². The molecule has 0 saturated carbocycles. The molecular formula is C15H23N3O2. The molecule has 0 bridgehead atoms. The van der Waals surface area contributed by atoms with E-state index in [4.69, 9.17) is 5.73 Å². The standard InChI is InChI=1S/C15H23N3O2/c1-11(12(2)16)15(20)18-10-14(19)17-9-8-13-6-4-3-5-7-13/h3-7,11-12H,8-10,16H2,1-2H3,(H,17,19)(H,18,20). The third-order valence-corrected chi connectivity index (χ3v) is 3.20. The van der Waals surface area contributed by atoms with E-state index < -0.39 is 0 Å². The van der Waals surface area contributed by atoms with Gasteiger partial charge in [0.25, 0.3) is 0 Å². The number of hydrogen-bond acceptors (Lipinski definition) is 3. The summed E-state index contributed by atoms with van der Waals surface area (Å²) in [6.07, 6.45) is 0.775. The topological polar surface area (TPSA) is 84.2 Å². The van der Waals surface area contributed by atoms with E-state index in [0.29, 0.717) is 6.54 Å². The van der Waals surface area contributed by atoms with Crippen LogP contribution in [0.1, 0.15) is 19.4 Å². The predicted molar refractivity (Wildman–Crippen MR) is 79.0 cm³/mol. The maximum Gasteiger partial charge on any atom is 0.239 e. The van der Waals surface area contributed by atoms with Gasteiger partial charge < -0.3 is 16.4 Å². The zero-order chi connectivity index (χ0) is 15.0. The Labute approximate surface area is 119 Å². The second kappa shape index (κ2) is 8.32. The zero-order valence-corrected chi connectivity index (χ0v) is 12.1. The minimum atomic E-state index is -0.299. The lowest BCUT2D eigenvalue weighted by molar-refractivity contribution is -0.128. The average Bonchev–Trinajstić information content (AvgIpc) is 2.45. The minimum absolute atomic E-state index is 0.00924. The van der Waals surface area contributed by atoms with Crippen LogP contribution in [0, 0.1) is 5.92 Å². The van der Waals surface area contributed by atoms with Crippen LogP contribution in [0.15, 0.2) is 30.3 Å². The van der Waals surface area contributed by atoms with Gasteiger partial charge in [-0.3, -0.25) is 9.59 Å². The van der Waals surface area contributed by atoms with Gasteiger partial charge in [-0.05, 0) is 18.9 Å². The lowest BCUT2D eigenvalue weighted by atomic mass is 10.0. The Hall–Kier alpha value is -1.88. The molecule has 4 N–H and O–H groups in total. The molecule has 0 aliphatic heterocycles. The molecule has 1 aromatic rings. The van der Waals surface area contributed by atoms with Gasteiger partial charge in [0, 0.05) is 18.5 Å². The highest BCUT2D eigenvalue weighted by Gasteiger charge is 2.17. The molecule has 2 unspecified atom stereocenters. The molecule has 1 aromatic carbocycles. The lowest BCUT2D eigenvalue weighted by Gasteiger charge is -2.15. The molecule has 5 heteroatoms. The fourth-order valence-electron chi connectivity index (χ4n) is 1.62. The third kappa shape index (κ3) is 5.84. The first kappa shape index (κ1) is 16.2. The number of amides is 2. The molecule has 20 heavy (non-hydrogen) atoms. The van der Waals surface area contributed by atoms with Gasteiger partial charge >= 0.3 is 0 Å². The Morgan fingerprint density at radius 1 is 1.15 bits per heavy atom. The number of carbonyl (C=O) groups is 2. The van der Waals surface area contributed by atoms with Gasteiger partial charge in [-0.15, -0.1) is 0 Å². The summed E-state index contributed by atoms with van der Waals surface area (Å²) in [5.74, 6) is -0.684. The van der Waals surface area contributed by atoms with E-state index in [1.807, 2.05) is 30.3 Å². The first-order valence-electron chi connectivity index (χ1n) is 6.84. The fraction of sp³-hybridized carbons (Fsp3) is 0.467. The van der Waals surface area contributed by atoms with Crippen molar-refractivity contribution in [3.8, 4) is 0 Å². The fourth-order valence-corrected chi connectivity index (χ4v) is 1.62. The Bertz CT molecular complexity index is 432. The van der Waals surface area contributed by atoms with E-state index >= 15 is 0 Å². The molecule has 1 rings (SSSR count). The van der Waals surface area contributed by atoms with Crippen molar-refractivity contribution in [1.82, 2.24) is 10.6 Å². The highest BCUT2D eigenvalue weighted by atomic mass is 16.2. The smallest absolute Gasteiger partial charge is 0.239 e. The largest absolute Gasteiger partial charge is 0.354 e. The molecule has 5 nitrogen and oxygen atoms in total. The number of nitrogens with two attached hydrogens (primary N) is 1. The number of benzene rings is 1. The van der Waals surface area contributed by atoms with Crippen LogP contribution in [0.3, 0.4) is 0 Å². The summed E-state index contributed by atoms with van der Waals surface area (Å²) in [7, 11) is 0. The van der Waals surface area contributed by atoms with E-state index in [1.54, 1.807) is 13.8 Å². The van der Waals surface area contributed by atoms with Crippen LogP contribution in [0.25, 0.3) is 0 Å². The van der Waals surface area contributed by atoms with Crippen molar-refractivity contribution < 1.29 is 9.59 Å². The van der Waals surface area contributed by atoms with E-state index in [0.717, 1.165) is 6.42 Å². The first-order chi connectivity index (χ1) is 9.50. The van der Waals surface area contributed by atoms with Crippen molar-refractivity contribution in [1.29, 1.82) is 0 Å². The minimum Gasteiger partial charge on any atom is -0.354 e. The summed E-state index contributed by atoms with van der Waals surface area (Å²) >= 11 is 0. The maximum atomic E-state index is 11.6. The molecule has 110 valence electrons. The Kier molecular flexibility index (Phi) is 6.73. The number of hydrogen-bond donors (Lipinski definition) is 3. The molecule has 2 amide bonds. The highest BCUT2D eigenvalue weighted by molar-refractivity contribution is 5.85. The molecule has 0 fully saturated rings. The van der Waals surface area contributed by atoms with Crippen molar-refractivity contribution in [2.75, 3.05) is 13.1 Å². The summed E-state index contributed by atoms with van der Waals surface area (Å²) in [5, 5.41) is 5.35. The molecular weight excluding hydrogens is 254 g/mol. The Morgan fingerprint density at radius 3 is 2.40 bits per heavy atom. The molecule has 2 atom stereocenters. The summed E-state index contributed by atoms with van der Waals surface area (Å²) in [6, 6.07) is 9.68. The maximum absolute atomic E-state index is 11.6. The van der Waals surface area contributed by atoms with E-state index in [2.05, 4.69) is 10.6 Å². The third-order valence-electron chi connectivity index (χ3n) is 3.20. The Morgan fingerprint density at radius 2 is 1.80 bits per heavy atom. The van der Waals surface area contributed by atoms with E-state index in [9.17, 15) is 9.59 Å². The van der Waals surface area contributed by atoms with Crippen LogP contribution in [-0.2, 0) is 16.0 Å². The van der Waals surface area contributed by atoms with Crippen molar-refractivity contribution in [2.45, 2.75) is 26.3 Å². The summed E-state index contributed by atoms with van der Waals surface area (Å²) in [5.41, 5.74) is 6.80. The van der Waals surface area contributed by atoms with Gasteiger partial charge in [-0.25, -0.2) is 0 Å². The monoisotopic (exact) mass is 277 g/mol. The van der Waals surface area contributed by atoms with Crippen LogP contribution in [-0.4, -0.2) is 30.9 Å². The average molecular weight is 277 g/mol. The predicted octanol–water partition coefficient (Wildman–Crippen LogP) is 0.445. The summed E-state index contributed by atoms with van der Waals surface area (Å²) < 4.78 is 0. The zero-order valence-electron chi connectivity index (χ0n) is 12.1. The van der Waals surface area contributed by atoms with Gasteiger partial charge in [0.1, 0.15) is 0 Å². The van der Waals surface area contributed by atoms with Crippen LogP contribution >= 0.6 is 0 Å². The van der Waals surface area contributed by atoms with Crippen LogP contribution in [0.5, 0.6) is 0 Å². The molecule has 0 heterocycles. The van der Waals surface area contributed by atoms with Gasteiger partial charge in [-0.1, -0.05) is 37.3 Å². The first-order valence-corrected chi connectivity index (χ1v) is 6.84. The van der Waals surface area contributed by atoms with Crippen LogP contribution in [0.2, 0.25) is 0 Å². The van der Waals surface area contributed by atoms with Crippen molar-refractivity contribution in [3.05, 3.63) is 35.9 Å². The van der Waals surface area contributed by atoms with E-state index in [1.165, 1.54) is 5.56 Å². The van der Waals surface area contributed by atoms with Crippen LogP contribution in [0.4, 0.5) is 0 Å². The summed E-state index contributed by atoms with van der Waals surface area (Å²) in [4.78, 5) is 23.2. The second-order valence-corrected chi connectivity index (χ2v) is 4.95. The van der Waals surface area contributed by atoms with Gasteiger partial charge in [0.2, 0.25) is 11.8 Å². The molecule has 0 radical (unpaired) electrons. The molecule has 0 spiro atoms. The Balaban J connectivity index is 2.19. The molecule has 0 aliphatic carbocycles. The quantitative estimate of drug-likeness (QED) is 0.676. The lowest BCUT2D eigenvalue weighted by Crippen LogP contribution is -2.43. The summed E-state index contributed by atoms with van der Waals surface area (Å²) in [6.45, 7) is 4.06.